The van der Waals surface area contributed by atoms with E-state index < -0.39 is 41.8 Å². The molecule has 1 aromatic carbocycles. The maximum absolute atomic E-state index is 12.3. The molecule has 0 aliphatic carbocycles. The summed E-state index contributed by atoms with van der Waals surface area (Å²) in [5, 5.41) is 9.97. The Bertz CT molecular complexity index is 760. The van der Waals surface area contributed by atoms with Crippen molar-refractivity contribution >= 4 is 29.4 Å². The summed E-state index contributed by atoms with van der Waals surface area (Å²) >= 11 is 6.09. The van der Waals surface area contributed by atoms with Crippen LogP contribution in [0.5, 0.6) is 5.75 Å². The Hall–Kier alpha value is -2.32. The van der Waals surface area contributed by atoms with Gasteiger partial charge in [-0.2, -0.15) is 0 Å². The number of benzene rings is 1. The van der Waals surface area contributed by atoms with E-state index in [0.29, 0.717) is 23.6 Å². The van der Waals surface area contributed by atoms with Gasteiger partial charge in [-0.1, -0.05) is 11.6 Å². The fourth-order valence-electron chi connectivity index (χ4n) is 3.71. The Kier molecular flexibility index (Phi) is 5.57. The first kappa shape index (κ1) is 19.4. The number of nitrogens with one attached hydrogen (secondary N) is 2. The van der Waals surface area contributed by atoms with E-state index in [9.17, 15) is 19.5 Å². The van der Waals surface area contributed by atoms with Crippen molar-refractivity contribution in [3.8, 4) is 5.75 Å². The number of amides is 2. The first-order valence-electron chi connectivity index (χ1n) is 8.64. The third-order valence-corrected chi connectivity index (χ3v) is 5.56. The van der Waals surface area contributed by atoms with Crippen LogP contribution in [0, 0.1) is 25.7 Å². The van der Waals surface area contributed by atoms with Gasteiger partial charge in [-0.3, -0.25) is 25.2 Å². The molecule has 2 heterocycles. The van der Waals surface area contributed by atoms with Crippen molar-refractivity contribution in [1.82, 2.24) is 10.9 Å². The normalized spacial score (nSPS) is 25.9. The van der Waals surface area contributed by atoms with Gasteiger partial charge in [0.2, 0.25) is 5.91 Å². The minimum atomic E-state index is -1.06. The second-order valence-corrected chi connectivity index (χ2v) is 7.26. The molecule has 0 unspecified atom stereocenters. The zero-order chi connectivity index (χ0) is 19.7. The van der Waals surface area contributed by atoms with Gasteiger partial charge < -0.3 is 14.6 Å². The molecule has 0 radical (unpaired) electrons. The highest BCUT2D eigenvalue weighted by Gasteiger charge is 2.55. The summed E-state index contributed by atoms with van der Waals surface area (Å²) in [6.45, 7) is 3.36. The lowest BCUT2D eigenvalue weighted by atomic mass is 9.79. The third kappa shape index (κ3) is 4.01. The summed E-state index contributed by atoms with van der Waals surface area (Å²) in [4.78, 5) is 35.7. The van der Waals surface area contributed by atoms with E-state index in [1.165, 1.54) is 0 Å². The molecule has 27 heavy (non-hydrogen) atoms. The van der Waals surface area contributed by atoms with Crippen molar-refractivity contribution in [1.29, 1.82) is 0 Å². The highest BCUT2D eigenvalue weighted by atomic mass is 35.5. The molecule has 9 heteroatoms. The molecule has 8 nitrogen and oxygen atoms in total. The minimum Gasteiger partial charge on any atom is -0.484 e. The van der Waals surface area contributed by atoms with Crippen molar-refractivity contribution in [3.63, 3.8) is 0 Å². The fourth-order valence-corrected chi connectivity index (χ4v) is 3.82. The van der Waals surface area contributed by atoms with Crippen molar-refractivity contribution in [2.75, 3.05) is 6.61 Å². The number of hydrazine groups is 1. The Balaban J connectivity index is 1.50. The van der Waals surface area contributed by atoms with E-state index in [1.54, 1.807) is 12.1 Å². The van der Waals surface area contributed by atoms with E-state index in [-0.39, 0.29) is 6.61 Å². The number of rotatable bonds is 5. The topological polar surface area (TPSA) is 114 Å². The van der Waals surface area contributed by atoms with Crippen molar-refractivity contribution < 1.29 is 29.0 Å². The van der Waals surface area contributed by atoms with E-state index in [0.717, 1.165) is 11.1 Å². The lowest BCUT2D eigenvalue weighted by molar-refractivity contribution is -0.148. The lowest BCUT2D eigenvalue weighted by Gasteiger charge is -2.23. The molecule has 4 atom stereocenters. The van der Waals surface area contributed by atoms with E-state index in [4.69, 9.17) is 21.1 Å². The Labute approximate surface area is 161 Å². The van der Waals surface area contributed by atoms with Crippen LogP contribution in [-0.4, -0.2) is 41.7 Å². The van der Waals surface area contributed by atoms with Gasteiger partial charge >= 0.3 is 5.97 Å². The number of hydrogen-bond acceptors (Lipinski definition) is 5. The van der Waals surface area contributed by atoms with Crippen LogP contribution in [0.25, 0.3) is 0 Å². The van der Waals surface area contributed by atoms with Crippen molar-refractivity contribution in [3.05, 3.63) is 28.3 Å². The Morgan fingerprint density at radius 1 is 1.15 bits per heavy atom. The number of carboxylic acid groups (broad SMARTS) is 1. The predicted octanol–water partition coefficient (Wildman–Crippen LogP) is 1.36. The number of hydrogen-bond donors (Lipinski definition) is 3. The summed E-state index contributed by atoms with van der Waals surface area (Å²) in [6.07, 6.45) is 0.396. The first-order chi connectivity index (χ1) is 12.8. The van der Waals surface area contributed by atoms with Gasteiger partial charge in [-0.25, -0.2) is 0 Å². The quantitative estimate of drug-likeness (QED) is 0.647. The Morgan fingerprint density at radius 3 is 2.33 bits per heavy atom. The van der Waals surface area contributed by atoms with Crippen LogP contribution in [-0.2, 0) is 19.1 Å². The molecule has 3 rings (SSSR count). The number of aliphatic carboxylic acids is 1. The SMILES string of the molecule is Cc1cc(OCC(=O)NNC(=O)[C@H]2[C@H](C(=O)O)[C@H]3CC[C@H]2O3)cc(C)c1Cl. The van der Waals surface area contributed by atoms with Gasteiger partial charge in [0.1, 0.15) is 5.75 Å². The summed E-state index contributed by atoms with van der Waals surface area (Å²) < 4.78 is 10.9. The van der Waals surface area contributed by atoms with Gasteiger partial charge in [0.05, 0.1) is 24.0 Å². The number of ether oxygens (including phenoxy) is 2. The monoisotopic (exact) mass is 396 g/mol. The largest absolute Gasteiger partial charge is 0.484 e. The average molecular weight is 397 g/mol. The summed E-state index contributed by atoms with van der Waals surface area (Å²) in [6, 6.07) is 3.43. The predicted molar refractivity (Wildman–Crippen MR) is 95.2 cm³/mol. The smallest absolute Gasteiger partial charge is 0.310 e. The molecule has 2 fully saturated rings. The van der Waals surface area contributed by atoms with Gasteiger partial charge in [-0.15, -0.1) is 0 Å². The summed E-state index contributed by atoms with van der Waals surface area (Å²) in [7, 11) is 0. The molecule has 0 saturated carbocycles. The number of carbonyl (C=O) groups is 3. The second-order valence-electron chi connectivity index (χ2n) is 6.88. The zero-order valence-corrected chi connectivity index (χ0v) is 15.7. The standard InChI is InChI=1S/C18H21ClN2O6/c1-8-5-10(6-9(2)16(8)19)26-7-13(22)20-21-17(23)14-11-3-4-12(27-11)15(14)18(24)25/h5-6,11-12,14-15H,3-4,7H2,1-2H3,(H,20,22)(H,21,23)(H,24,25)/t11-,12-,14-,15-/m1/s1. The van der Waals surface area contributed by atoms with Crippen LogP contribution < -0.4 is 15.6 Å². The molecule has 0 spiro atoms. The third-order valence-electron chi connectivity index (χ3n) is 4.97. The highest BCUT2D eigenvalue weighted by Crippen LogP contribution is 2.43. The van der Waals surface area contributed by atoms with Crippen LogP contribution in [0.1, 0.15) is 24.0 Å². The number of fused-ring (bicyclic) bond motifs is 2. The summed E-state index contributed by atoms with van der Waals surface area (Å²) in [5.41, 5.74) is 6.19. The average Bonchev–Trinajstić information content (AvgIpc) is 3.23. The maximum Gasteiger partial charge on any atom is 0.310 e. The second kappa shape index (κ2) is 7.74. The number of carbonyl (C=O) groups excluding carboxylic acids is 2. The number of carboxylic acids is 1. The van der Waals surface area contributed by atoms with Crippen molar-refractivity contribution in [2.45, 2.75) is 38.9 Å². The molecule has 2 amide bonds. The van der Waals surface area contributed by atoms with E-state index in [2.05, 4.69) is 10.9 Å². The van der Waals surface area contributed by atoms with Gasteiger partial charge in [0, 0.05) is 5.02 Å². The van der Waals surface area contributed by atoms with Crippen LogP contribution in [0.3, 0.4) is 0 Å². The van der Waals surface area contributed by atoms with Gasteiger partial charge in [0.15, 0.2) is 6.61 Å². The molecule has 0 aromatic heterocycles. The lowest BCUT2D eigenvalue weighted by Crippen LogP contribution is -2.51. The highest BCUT2D eigenvalue weighted by molar-refractivity contribution is 6.32. The van der Waals surface area contributed by atoms with E-state index >= 15 is 0 Å². The maximum atomic E-state index is 12.3. The molecular formula is C18H21ClN2O6. The molecule has 1 aromatic rings. The Morgan fingerprint density at radius 2 is 1.74 bits per heavy atom. The summed E-state index contributed by atoms with van der Waals surface area (Å²) in [5.74, 6) is -3.42. The molecule has 2 aliphatic rings. The van der Waals surface area contributed by atoms with E-state index in [1.807, 2.05) is 13.8 Å². The molecule has 3 N–H and O–H groups in total. The molecule has 2 bridgehead atoms. The minimum absolute atomic E-state index is 0.309. The van der Waals surface area contributed by atoms with Crippen molar-refractivity contribution in [2.24, 2.45) is 11.8 Å². The zero-order valence-electron chi connectivity index (χ0n) is 15.0. The molecule has 2 aliphatic heterocycles. The first-order valence-corrected chi connectivity index (χ1v) is 9.02. The van der Waals surface area contributed by atoms with Crippen LogP contribution in [0.2, 0.25) is 5.02 Å². The van der Waals surface area contributed by atoms with Gasteiger partial charge in [-0.05, 0) is 49.9 Å². The number of aryl methyl sites for hydroxylation is 2. The van der Waals surface area contributed by atoms with Crippen LogP contribution in [0.15, 0.2) is 12.1 Å². The molecule has 2 saturated heterocycles. The number of halogens is 1. The van der Waals surface area contributed by atoms with Gasteiger partial charge in [0.25, 0.3) is 5.91 Å². The van der Waals surface area contributed by atoms with Crippen LogP contribution >= 0.6 is 11.6 Å². The molecular weight excluding hydrogens is 376 g/mol. The fraction of sp³-hybridized carbons (Fsp3) is 0.500. The van der Waals surface area contributed by atoms with Crippen LogP contribution in [0.4, 0.5) is 0 Å². The molecule has 146 valence electrons.